The van der Waals surface area contributed by atoms with Gasteiger partial charge in [0.15, 0.2) is 0 Å². The van der Waals surface area contributed by atoms with Gasteiger partial charge in [-0.15, -0.1) is 0 Å². The molecule has 0 aliphatic carbocycles. The molecular formula is C13H12N. The summed E-state index contributed by atoms with van der Waals surface area (Å²) < 4.78 is 0. The van der Waals surface area contributed by atoms with Crippen molar-refractivity contribution in [3.63, 3.8) is 0 Å². The van der Waals surface area contributed by atoms with Crippen molar-refractivity contribution in [1.82, 2.24) is 4.98 Å². The molecule has 0 N–H and O–H groups in total. The van der Waals surface area contributed by atoms with E-state index >= 15 is 0 Å². The lowest BCUT2D eigenvalue weighted by Gasteiger charge is -1.99. The Morgan fingerprint density at radius 3 is 2.43 bits per heavy atom. The molecule has 1 nitrogen and oxygen atoms in total. The van der Waals surface area contributed by atoms with E-state index in [1.807, 2.05) is 42.6 Å². The maximum absolute atomic E-state index is 4.26. The van der Waals surface area contributed by atoms with Gasteiger partial charge >= 0.3 is 0 Å². The van der Waals surface area contributed by atoms with Gasteiger partial charge in [0.05, 0.1) is 0 Å². The first-order chi connectivity index (χ1) is 6.95. The van der Waals surface area contributed by atoms with Crippen molar-refractivity contribution < 1.29 is 0 Å². The molecule has 1 radical (unpaired) electrons. The predicted molar refractivity (Wildman–Crippen MR) is 57.8 cm³/mol. The van der Waals surface area contributed by atoms with Gasteiger partial charge in [0.1, 0.15) is 0 Å². The molecule has 0 atom stereocenters. The minimum absolute atomic E-state index is 0.894. The van der Waals surface area contributed by atoms with Gasteiger partial charge < -0.3 is 0 Å². The predicted octanol–water partition coefficient (Wildman–Crippen LogP) is 2.88. The van der Waals surface area contributed by atoms with Crippen molar-refractivity contribution in [1.29, 1.82) is 0 Å². The van der Waals surface area contributed by atoms with Gasteiger partial charge in [0.2, 0.25) is 0 Å². The molecule has 1 heterocycles. The molecule has 1 heteroatoms. The van der Waals surface area contributed by atoms with E-state index in [0.717, 1.165) is 12.1 Å². The molecule has 1 aromatic carbocycles. The Morgan fingerprint density at radius 2 is 1.71 bits per heavy atom. The molecule has 14 heavy (non-hydrogen) atoms. The lowest BCUT2D eigenvalue weighted by Crippen LogP contribution is -1.90. The molecule has 0 aliphatic rings. The summed E-state index contributed by atoms with van der Waals surface area (Å²) >= 11 is 0. The number of aromatic nitrogens is 1. The molecule has 69 valence electrons. The van der Waals surface area contributed by atoms with Crippen molar-refractivity contribution in [2.75, 3.05) is 0 Å². The molecule has 2 rings (SSSR count). The lowest BCUT2D eigenvalue weighted by atomic mass is 10.1. The van der Waals surface area contributed by atoms with Gasteiger partial charge in [-0.3, -0.25) is 4.98 Å². The Balaban J connectivity index is 1.96. The second kappa shape index (κ2) is 4.56. The van der Waals surface area contributed by atoms with Crippen molar-refractivity contribution in [3.05, 3.63) is 72.4 Å². The lowest BCUT2D eigenvalue weighted by molar-refractivity contribution is 1.06. The van der Waals surface area contributed by atoms with Crippen LogP contribution in [-0.4, -0.2) is 4.98 Å². The van der Waals surface area contributed by atoms with Crippen molar-refractivity contribution in [2.45, 2.75) is 6.42 Å². The highest BCUT2D eigenvalue weighted by Gasteiger charge is 1.94. The first-order valence-electron chi connectivity index (χ1n) is 4.73. The summed E-state index contributed by atoms with van der Waals surface area (Å²) in [7, 11) is 0. The summed E-state index contributed by atoms with van der Waals surface area (Å²) in [6.07, 6.45) is 4.90. The molecular weight excluding hydrogens is 170 g/mol. The summed E-state index contributed by atoms with van der Waals surface area (Å²) in [4.78, 5) is 4.26. The molecule has 0 spiro atoms. The van der Waals surface area contributed by atoms with E-state index in [1.165, 1.54) is 5.56 Å². The SMILES string of the molecule is [CH](Cc1ccccn1)c1ccccc1. The molecule has 0 bridgehead atoms. The number of hydrogen-bond acceptors (Lipinski definition) is 1. The van der Waals surface area contributed by atoms with E-state index in [4.69, 9.17) is 0 Å². The molecule has 1 aromatic heterocycles. The number of hydrogen-bond donors (Lipinski definition) is 0. The summed E-state index contributed by atoms with van der Waals surface area (Å²) in [6.45, 7) is 0. The summed E-state index contributed by atoms with van der Waals surface area (Å²) in [5.74, 6) is 0. The van der Waals surface area contributed by atoms with E-state index < -0.39 is 0 Å². The van der Waals surface area contributed by atoms with Gasteiger partial charge in [-0.05, 0) is 30.5 Å². The van der Waals surface area contributed by atoms with Crippen molar-refractivity contribution >= 4 is 0 Å². The average molecular weight is 182 g/mol. The van der Waals surface area contributed by atoms with E-state index in [2.05, 4.69) is 23.5 Å². The van der Waals surface area contributed by atoms with Gasteiger partial charge in [-0.25, -0.2) is 0 Å². The maximum Gasteiger partial charge on any atom is 0.0409 e. The third-order valence-electron chi connectivity index (χ3n) is 2.07. The van der Waals surface area contributed by atoms with Gasteiger partial charge in [-0.2, -0.15) is 0 Å². The molecule has 0 saturated heterocycles. The Hall–Kier alpha value is -1.63. The van der Waals surface area contributed by atoms with Crippen LogP contribution in [-0.2, 0) is 6.42 Å². The van der Waals surface area contributed by atoms with Gasteiger partial charge in [0.25, 0.3) is 0 Å². The maximum atomic E-state index is 4.26. The highest BCUT2D eigenvalue weighted by Crippen LogP contribution is 2.06. The quantitative estimate of drug-likeness (QED) is 0.711. The van der Waals surface area contributed by atoms with Crippen LogP contribution in [0.1, 0.15) is 11.3 Å². The Labute approximate surface area is 84.4 Å². The topological polar surface area (TPSA) is 12.9 Å². The van der Waals surface area contributed by atoms with Crippen LogP contribution in [0.5, 0.6) is 0 Å². The first kappa shape index (κ1) is 8.95. The van der Waals surface area contributed by atoms with E-state index in [9.17, 15) is 0 Å². The fraction of sp³-hybridized carbons (Fsp3) is 0.0769. The standard InChI is InChI=1S/C13H12N/c1-2-6-12(7-3-1)9-10-13-8-4-5-11-14-13/h1-9,11H,10H2. The zero-order valence-corrected chi connectivity index (χ0v) is 7.93. The normalized spacial score (nSPS) is 10.0. The van der Waals surface area contributed by atoms with Crippen LogP contribution in [0.4, 0.5) is 0 Å². The number of benzene rings is 1. The second-order valence-electron chi connectivity index (χ2n) is 3.14. The van der Waals surface area contributed by atoms with Gasteiger partial charge in [0, 0.05) is 11.9 Å². The molecule has 0 amide bonds. The largest absolute Gasteiger partial charge is 0.261 e. The minimum Gasteiger partial charge on any atom is -0.261 e. The molecule has 0 fully saturated rings. The van der Waals surface area contributed by atoms with E-state index in [0.29, 0.717) is 0 Å². The first-order valence-corrected chi connectivity index (χ1v) is 4.73. The van der Waals surface area contributed by atoms with Crippen LogP contribution < -0.4 is 0 Å². The van der Waals surface area contributed by atoms with Crippen LogP contribution in [0.3, 0.4) is 0 Å². The zero-order chi connectivity index (χ0) is 9.64. The summed E-state index contributed by atoms with van der Waals surface area (Å²) in [5.41, 5.74) is 2.36. The number of nitrogens with zero attached hydrogens (tertiary/aromatic N) is 1. The summed E-state index contributed by atoms with van der Waals surface area (Å²) in [5, 5.41) is 0. The molecule has 0 saturated carbocycles. The Morgan fingerprint density at radius 1 is 0.929 bits per heavy atom. The monoisotopic (exact) mass is 182 g/mol. The third-order valence-corrected chi connectivity index (χ3v) is 2.07. The van der Waals surface area contributed by atoms with Crippen LogP contribution in [0.15, 0.2) is 54.7 Å². The van der Waals surface area contributed by atoms with Crippen molar-refractivity contribution in [2.24, 2.45) is 0 Å². The molecule has 2 aromatic rings. The van der Waals surface area contributed by atoms with Crippen LogP contribution >= 0.6 is 0 Å². The smallest absolute Gasteiger partial charge is 0.0409 e. The number of pyridine rings is 1. The highest BCUT2D eigenvalue weighted by molar-refractivity contribution is 5.24. The number of rotatable bonds is 3. The summed E-state index contributed by atoms with van der Waals surface area (Å²) in [6, 6.07) is 16.3. The van der Waals surface area contributed by atoms with E-state index in [1.54, 1.807) is 0 Å². The minimum atomic E-state index is 0.894. The Kier molecular flexibility index (Phi) is 2.92. The fourth-order valence-electron chi connectivity index (χ4n) is 1.33. The highest BCUT2D eigenvalue weighted by atomic mass is 14.7. The van der Waals surface area contributed by atoms with Crippen LogP contribution in [0.25, 0.3) is 0 Å². The fourth-order valence-corrected chi connectivity index (χ4v) is 1.33. The zero-order valence-electron chi connectivity index (χ0n) is 7.93. The van der Waals surface area contributed by atoms with E-state index in [-0.39, 0.29) is 0 Å². The Bertz CT molecular complexity index is 327. The van der Waals surface area contributed by atoms with Crippen LogP contribution in [0.2, 0.25) is 0 Å². The molecule has 0 unspecified atom stereocenters. The second-order valence-corrected chi connectivity index (χ2v) is 3.14. The van der Waals surface area contributed by atoms with Crippen molar-refractivity contribution in [3.8, 4) is 0 Å². The van der Waals surface area contributed by atoms with Gasteiger partial charge in [-0.1, -0.05) is 36.4 Å². The molecule has 0 aliphatic heterocycles. The third kappa shape index (κ3) is 2.43. The van der Waals surface area contributed by atoms with Crippen LogP contribution in [0, 0.1) is 6.42 Å². The average Bonchev–Trinajstić information content (AvgIpc) is 2.29.